The van der Waals surface area contributed by atoms with Crippen LogP contribution >= 0.6 is 0 Å². The fourth-order valence-corrected chi connectivity index (χ4v) is 2.74. The molecule has 7 nitrogen and oxygen atoms in total. The number of alkyl halides is 2. The number of nitrogens with zero attached hydrogens (tertiary/aromatic N) is 3. The number of aryl methyl sites for hydroxylation is 1. The van der Waals surface area contributed by atoms with E-state index in [4.69, 9.17) is 10.2 Å². The molecule has 144 valence electrons. The molecule has 10 heteroatoms. The lowest BCUT2D eigenvalue weighted by molar-refractivity contribution is -0.117. The van der Waals surface area contributed by atoms with Crippen LogP contribution in [0.3, 0.4) is 0 Å². The van der Waals surface area contributed by atoms with Crippen molar-refractivity contribution < 1.29 is 27.1 Å². The molecule has 0 fully saturated rings. The number of hydrogen-bond acceptors (Lipinski definition) is 6. The zero-order valence-corrected chi connectivity index (χ0v) is 14.8. The van der Waals surface area contributed by atoms with E-state index < -0.39 is 41.4 Å². The Kier molecular flexibility index (Phi) is 4.37. The van der Waals surface area contributed by atoms with Crippen molar-refractivity contribution in [2.24, 2.45) is 10.7 Å². The lowest BCUT2D eigenvalue weighted by atomic mass is 9.85. The van der Waals surface area contributed by atoms with Crippen LogP contribution in [0.1, 0.15) is 28.9 Å². The first-order chi connectivity index (χ1) is 12.5. The van der Waals surface area contributed by atoms with Gasteiger partial charge in [0.1, 0.15) is 12.1 Å². The summed E-state index contributed by atoms with van der Waals surface area (Å²) in [6.07, 6.45) is 1.18. The highest BCUT2D eigenvalue weighted by molar-refractivity contribution is 6.04. The van der Waals surface area contributed by atoms with Gasteiger partial charge in [-0.1, -0.05) is 0 Å². The van der Waals surface area contributed by atoms with Crippen molar-refractivity contribution >= 4 is 17.6 Å². The third kappa shape index (κ3) is 3.11. The summed E-state index contributed by atoms with van der Waals surface area (Å²) in [5.74, 6) is -4.67. The highest BCUT2D eigenvalue weighted by atomic mass is 19.3. The van der Waals surface area contributed by atoms with E-state index in [0.717, 1.165) is 24.0 Å². The Morgan fingerprint density at radius 3 is 2.70 bits per heavy atom. The molecule has 1 amide bonds. The van der Waals surface area contributed by atoms with E-state index in [-0.39, 0.29) is 11.4 Å². The van der Waals surface area contributed by atoms with Crippen molar-refractivity contribution in [2.75, 3.05) is 18.6 Å². The van der Waals surface area contributed by atoms with E-state index >= 15 is 0 Å². The molecule has 27 heavy (non-hydrogen) atoms. The van der Waals surface area contributed by atoms with Crippen LogP contribution in [0.2, 0.25) is 0 Å². The van der Waals surface area contributed by atoms with Crippen molar-refractivity contribution in [3.8, 4) is 0 Å². The minimum atomic E-state index is -3.51. The number of nitrogens with two attached hydrogens (primary N) is 1. The van der Waals surface area contributed by atoms with Gasteiger partial charge in [-0.15, -0.1) is 0 Å². The van der Waals surface area contributed by atoms with Gasteiger partial charge in [0, 0.05) is 25.2 Å². The molecule has 0 spiro atoms. The second-order valence-electron chi connectivity index (χ2n) is 6.30. The van der Waals surface area contributed by atoms with Crippen molar-refractivity contribution in [3.05, 3.63) is 47.4 Å². The maximum atomic E-state index is 14.5. The van der Waals surface area contributed by atoms with Crippen LogP contribution in [0.5, 0.6) is 0 Å². The van der Waals surface area contributed by atoms with Crippen LogP contribution < -0.4 is 10.6 Å². The lowest BCUT2D eigenvalue weighted by Crippen LogP contribution is -2.51. The van der Waals surface area contributed by atoms with E-state index in [1.807, 2.05) is 0 Å². The molecule has 0 aliphatic carbocycles. The Morgan fingerprint density at radius 2 is 2.07 bits per heavy atom. The van der Waals surface area contributed by atoms with Crippen LogP contribution in [0, 0.1) is 12.7 Å². The number of hydrogen-bond donors (Lipinski definition) is 1. The summed E-state index contributed by atoms with van der Waals surface area (Å²) in [6, 6.07) is 2.95. The molecule has 1 aromatic carbocycles. The van der Waals surface area contributed by atoms with Gasteiger partial charge in [-0.05, 0) is 25.1 Å². The normalized spacial score (nSPS) is 21.3. The van der Waals surface area contributed by atoms with E-state index in [0.29, 0.717) is 5.89 Å². The second-order valence-corrected chi connectivity index (χ2v) is 6.30. The summed E-state index contributed by atoms with van der Waals surface area (Å²) in [6.45, 7) is 1.60. The van der Waals surface area contributed by atoms with Gasteiger partial charge < -0.3 is 19.8 Å². The maximum Gasteiger partial charge on any atom is 0.310 e. The molecular formula is C17H17F3N4O3. The van der Waals surface area contributed by atoms with Gasteiger partial charge in [0.25, 0.3) is 11.9 Å². The van der Waals surface area contributed by atoms with Gasteiger partial charge in [-0.2, -0.15) is 8.78 Å². The molecule has 1 aromatic heterocycles. The summed E-state index contributed by atoms with van der Waals surface area (Å²) in [4.78, 5) is 21.2. The van der Waals surface area contributed by atoms with E-state index in [1.165, 1.54) is 19.4 Å². The first kappa shape index (κ1) is 18.7. The molecule has 0 saturated carbocycles. The molecule has 2 N–H and O–H groups in total. The van der Waals surface area contributed by atoms with Gasteiger partial charge in [-0.25, -0.2) is 14.4 Å². The second kappa shape index (κ2) is 6.29. The zero-order chi connectivity index (χ0) is 20.0. The minimum absolute atomic E-state index is 0.0331. The average Bonchev–Trinajstić information content (AvgIpc) is 3.04. The summed E-state index contributed by atoms with van der Waals surface area (Å²) in [5.41, 5.74) is 2.94. The first-order valence-corrected chi connectivity index (χ1v) is 7.91. The molecular weight excluding hydrogens is 365 g/mol. The summed E-state index contributed by atoms with van der Waals surface area (Å²) >= 11 is 0. The number of carbonyl (C=O) groups excluding carboxylic acids is 1. The zero-order valence-electron chi connectivity index (χ0n) is 14.8. The highest BCUT2D eigenvalue weighted by Crippen LogP contribution is 2.45. The Morgan fingerprint density at radius 1 is 1.37 bits per heavy atom. The number of carbonyl (C=O) groups is 1. The fraction of sp³-hybridized carbons (Fsp3) is 0.353. The highest BCUT2D eigenvalue weighted by Gasteiger charge is 2.56. The molecule has 0 bridgehead atoms. The van der Waals surface area contributed by atoms with Gasteiger partial charge in [0.15, 0.2) is 23.7 Å². The monoisotopic (exact) mass is 382 g/mol. The maximum absolute atomic E-state index is 14.5. The quantitative estimate of drug-likeness (QED) is 0.881. The number of ether oxygens (including phenoxy) is 1. The molecule has 2 heterocycles. The van der Waals surface area contributed by atoms with Crippen molar-refractivity contribution in [3.63, 3.8) is 0 Å². The molecule has 0 unspecified atom stereocenters. The Hall–Kier alpha value is -3.04. The Labute approximate surface area is 152 Å². The summed E-state index contributed by atoms with van der Waals surface area (Å²) < 4.78 is 53.0. The number of benzene rings is 1. The topological polar surface area (TPSA) is 94.0 Å². The molecule has 3 rings (SSSR count). The van der Waals surface area contributed by atoms with Crippen LogP contribution in [0.25, 0.3) is 0 Å². The van der Waals surface area contributed by atoms with Crippen LogP contribution in [0.4, 0.5) is 18.9 Å². The minimum Gasteiger partial charge on any atom is -0.459 e. The summed E-state index contributed by atoms with van der Waals surface area (Å²) in [7, 11) is 1.41. The van der Waals surface area contributed by atoms with Gasteiger partial charge in [-0.3, -0.25) is 4.79 Å². The number of anilines is 1. The predicted molar refractivity (Wildman–Crippen MR) is 90.2 cm³/mol. The first-order valence-electron chi connectivity index (χ1n) is 7.91. The molecule has 2 aromatic rings. The standard InChI is InChI=1S/C17H17F3N4O3/c1-9-22-13(7-26-9)14(25)24(3)10-4-5-12(18)11(6-10)16(2)17(19,20)8-27-15(21)23-16/h4-7H,8H2,1-3H3,(H2,21,23)/t16-/m1/s1. The molecule has 0 radical (unpaired) electrons. The smallest absolute Gasteiger partial charge is 0.310 e. The fourth-order valence-electron chi connectivity index (χ4n) is 2.74. The third-order valence-electron chi connectivity index (χ3n) is 4.45. The lowest BCUT2D eigenvalue weighted by Gasteiger charge is -2.37. The number of rotatable bonds is 3. The third-order valence-corrected chi connectivity index (χ3v) is 4.45. The molecule has 1 aliphatic rings. The Balaban J connectivity index is 2.04. The van der Waals surface area contributed by atoms with Crippen molar-refractivity contribution in [1.29, 1.82) is 0 Å². The van der Waals surface area contributed by atoms with Crippen LogP contribution in [-0.4, -0.2) is 36.5 Å². The van der Waals surface area contributed by atoms with Gasteiger partial charge in [0.05, 0.1) is 0 Å². The number of amidine groups is 1. The van der Waals surface area contributed by atoms with E-state index in [9.17, 15) is 18.0 Å². The van der Waals surface area contributed by atoms with Crippen molar-refractivity contribution in [2.45, 2.75) is 25.3 Å². The number of aliphatic imine (C=N–C) groups is 1. The average molecular weight is 382 g/mol. The summed E-state index contributed by atoms with van der Waals surface area (Å²) in [5, 5.41) is 0. The van der Waals surface area contributed by atoms with Gasteiger partial charge in [0.2, 0.25) is 0 Å². The number of halogens is 3. The SMILES string of the molecule is Cc1nc(C(=O)N(C)c2ccc(F)c([C@@]3(C)N=C(N)OCC3(F)F)c2)co1. The number of amides is 1. The Bertz CT molecular complexity index is 928. The van der Waals surface area contributed by atoms with Crippen LogP contribution in [-0.2, 0) is 10.3 Å². The largest absolute Gasteiger partial charge is 0.459 e. The van der Waals surface area contributed by atoms with E-state index in [2.05, 4.69) is 14.7 Å². The van der Waals surface area contributed by atoms with Crippen molar-refractivity contribution in [1.82, 2.24) is 4.98 Å². The van der Waals surface area contributed by atoms with Gasteiger partial charge >= 0.3 is 5.92 Å². The number of oxazole rings is 1. The molecule has 1 aliphatic heterocycles. The van der Waals surface area contributed by atoms with Crippen LogP contribution in [0.15, 0.2) is 33.9 Å². The predicted octanol–water partition coefficient (Wildman–Crippen LogP) is 2.59. The van der Waals surface area contributed by atoms with E-state index in [1.54, 1.807) is 6.92 Å². The number of aromatic nitrogens is 1. The molecule has 0 saturated heterocycles. The molecule has 1 atom stereocenters.